The maximum Gasteiger partial charge on any atom is 0.238 e. The highest BCUT2D eigenvalue weighted by Gasteiger charge is 2.12. The summed E-state index contributed by atoms with van der Waals surface area (Å²) in [5.41, 5.74) is 0.739. The lowest BCUT2D eigenvalue weighted by molar-refractivity contribution is 0.358. The summed E-state index contributed by atoms with van der Waals surface area (Å²) < 4.78 is 27.3. The molecule has 0 saturated heterocycles. The number of sulfonamides is 1. The molecule has 0 unspecified atom stereocenters. The molecule has 2 rings (SSSR count). The molecule has 1 aromatic rings. The molecule has 74 valence electrons. The molecule has 0 fully saturated rings. The van der Waals surface area contributed by atoms with Gasteiger partial charge in [0.05, 0.1) is 4.90 Å². The zero-order chi connectivity index (χ0) is 10.2. The molecular formula is C9H9NO3S. The van der Waals surface area contributed by atoms with Crippen LogP contribution in [0.15, 0.2) is 29.2 Å². The Bertz CT molecular complexity index is 491. The third-order valence-corrected chi connectivity index (χ3v) is 2.85. The van der Waals surface area contributed by atoms with E-state index >= 15 is 0 Å². The summed E-state index contributed by atoms with van der Waals surface area (Å²) in [6.07, 6.45) is 3.63. The molecule has 14 heavy (non-hydrogen) atoms. The third-order valence-electron chi connectivity index (χ3n) is 1.94. The van der Waals surface area contributed by atoms with Gasteiger partial charge in [0.25, 0.3) is 0 Å². The first kappa shape index (κ1) is 9.23. The molecule has 0 saturated carbocycles. The van der Waals surface area contributed by atoms with E-state index in [9.17, 15) is 8.42 Å². The number of benzene rings is 1. The van der Waals surface area contributed by atoms with Crippen LogP contribution in [0.5, 0.6) is 5.75 Å². The zero-order valence-electron chi connectivity index (χ0n) is 7.30. The Morgan fingerprint density at radius 2 is 2.14 bits per heavy atom. The molecule has 1 aliphatic rings. The SMILES string of the molecule is NS(=O)(=O)c1ccc2c(c1)C=CCO2. The second-order valence-corrected chi connectivity index (χ2v) is 4.52. The second kappa shape index (κ2) is 3.11. The van der Waals surface area contributed by atoms with Crippen LogP contribution in [0.3, 0.4) is 0 Å². The predicted molar refractivity (Wildman–Crippen MR) is 52.3 cm³/mol. The van der Waals surface area contributed by atoms with Crippen molar-refractivity contribution in [3.8, 4) is 5.75 Å². The molecule has 0 aliphatic carbocycles. The number of ether oxygens (including phenoxy) is 1. The van der Waals surface area contributed by atoms with E-state index in [0.717, 1.165) is 5.56 Å². The van der Waals surface area contributed by atoms with Crippen LogP contribution in [-0.4, -0.2) is 15.0 Å². The predicted octanol–water partition coefficient (Wildman–Crippen LogP) is 0.740. The van der Waals surface area contributed by atoms with Gasteiger partial charge in [0, 0.05) is 5.56 Å². The minimum Gasteiger partial charge on any atom is -0.489 e. The van der Waals surface area contributed by atoms with Crippen molar-refractivity contribution >= 4 is 16.1 Å². The lowest BCUT2D eigenvalue weighted by Crippen LogP contribution is -2.12. The minimum atomic E-state index is -3.63. The Morgan fingerprint density at radius 1 is 1.36 bits per heavy atom. The van der Waals surface area contributed by atoms with Crippen LogP contribution in [0.2, 0.25) is 0 Å². The summed E-state index contributed by atoms with van der Waals surface area (Å²) in [7, 11) is -3.63. The number of nitrogens with two attached hydrogens (primary N) is 1. The van der Waals surface area contributed by atoms with E-state index in [0.29, 0.717) is 12.4 Å². The molecule has 5 heteroatoms. The molecule has 0 spiro atoms. The molecule has 4 nitrogen and oxygen atoms in total. The summed E-state index contributed by atoms with van der Waals surface area (Å²) in [6.45, 7) is 0.516. The Morgan fingerprint density at radius 3 is 2.86 bits per heavy atom. The van der Waals surface area contributed by atoms with Crippen LogP contribution in [0, 0.1) is 0 Å². The Kier molecular flexibility index (Phi) is 2.05. The highest BCUT2D eigenvalue weighted by atomic mass is 32.2. The summed E-state index contributed by atoms with van der Waals surface area (Å²) in [5.74, 6) is 0.680. The van der Waals surface area contributed by atoms with Gasteiger partial charge in [-0.05, 0) is 24.3 Å². The van der Waals surface area contributed by atoms with E-state index < -0.39 is 10.0 Å². The van der Waals surface area contributed by atoms with Crippen molar-refractivity contribution in [1.82, 2.24) is 0 Å². The van der Waals surface area contributed by atoms with Crippen molar-refractivity contribution in [2.75, 3.05) is 6.61 Å². The summed E-state index contributed by atoms with van der Waals surface area (Å²) in [6, 6.07) is 4.55. The standard InChI is InChI=1S/C9H9NO3S/c10-14(11,12)8-3-4-9-7(6-8)2-1-5-13-9/h1-4,6H,5H2,(H2,10,11,12). The smallest absolute Gasteiger partial charge is 0.238 e. The van der Waals surface area contributed by atoms with Gasteiger partial charge < -0.3 is 4.74 Å². The van der Waals surface area contributed by atoms with Gasteiger partial charge in [-0.25, -0.2) is 13.6 Å². The fraction of sp³-hybridized carbons (Fsp3) is 0.111. The Balaban J connectivity index is 2.56. The van der Waals surface area contributed by atoms with Crippen LogP contribution in [0.25, 0.3) is 6.08 Å². The topological polar surface area (TPSA) is 69.4 Å². The largest absolute Gasteiger partial charge is 0.489 e. The monoisotopic (exact) mass is 211 g/mol. The van der Waals surface area contributed by atoms with Gasteiger partial charge in [-0.2, -0.15) is 0 Å². The van der Waals surface area contributed by atoms with Crippen molar-refractivity contribution in [2.45, 2.75) is 4.90 Å². The van der Waals surface area contributed by atoms with E-state index in [2.05, 4.69) is 0 Å². The van der Waals surface area contributed by atoms with E-state index in [-0.39, 0.29) is 4.90 Å². The fourth-order valence-electron chi connectivity index (χ4n) is 1.28. The highest BCUT2D eigenvalue weighted by molar-refractivity contribution is 7.89. The van der Waals surface area contributed by atoms with Crippen LogP contribution in [0.1, 0.15) is 5.56 Å². The van der Waals surface area contributed by atoms with Crippen molar-refractivity contribution in [2.24, 2.45) is 5.14 Å². The Labute approximate surface area is 82.0 Å². The minimum absolute atomic E-state index is 0.103. The zero-order valence-corrected chi connectivity index (χ0v) is 8.12. The van der Waals surface area contributed by atoms with E-state index in [1.54, 1.807) is 6.07 Å². The molecule has 0 radical (unpaired) electrons. The molecule has 2 N–H and O–H groups in total. The molecule has 1 aromatic carbocycles. The van der Waals surface area contributed by atoms with Crippen molar-refractivity contribution in [3.05, 3.63) is 29.8 Å². The molecule has 0 bridgehead atoms. The van der Waals surface area contributed by atoms with Gasteiger partial charge in [-0.3, -0.25) is 0 Å². The van der Waals surface area contributed by atoms with E-state index in [1.165, 1.54) is 12.1 Å². The summed E-state index contributed by atoms with van der Waals surface area (Å²) >= 11 is 0. The van der Waals surface area contributed by atoms with Crippen LogP contribution in [0.4, 0.5) is 0 Å². The number of hydrogen-bond donors (Lipinski definition) is 1. The van der Waals surface area contributed by atoms with Gasteiger partial charge in [0.1, 0.15) is 12.4 Å². The molecular weight excluding hydrogens is 202 g/mol. The van der Waals surface area contributed by atoms with E-state index in [1.807, 2.05) is 12.2 Å². The molecule has 1 heterocycles. The molecule has 0 amide bonds. The maximum absolute atomic E-state index is 11.0. The second-order valence-electron chi connectivity index (χ2n) is 2.96. The van der Waals surface area contributed by atoms with Gasteiger partial charge in [-0.1, -0.05) is 6.08 Å². The molecule has 1 aliphatic heterocycles. The van der Waals surface area contributed by atoms with Crippen LogP contribution < -0.4 is 9.88 Å². The first-order valence-corrected chi connectivity index (χ1v) is 5.58. The first-order valence-electron chi connectivity index (χ1n) is 4.03. The van der Waals surface area contributed by atoms with Gasteiger partial charge in [0.2, 0.25) is 10.0 Å². The van der Waals surface area contributed by atoms with Gasteiger partial charge in [0.15, 0.2) is 0 Å². The first-order chi connectivity index (χ1) is 6.57. The van der Waals surface area contributed by atoms with Crippen LogP contribution >= 0.6 is 0 Å². The average Bonchev–Trinajstić information content (AvgIpc) is 2.16. The Hall–Kier alpha value is -1.33. The van der Waals surface area contributed by atoms with Crippen molar-refractivity contribution in [3.63, 3.8) is 0 Å². The number of primary sulfonamides is 1. The lowest BCUT2D eigenvalue weighted by atomic mass is 10.1. The highest BCUT2D eigenvalue weighted by Crippen LogP contribution is 2.25. The average molecular weight is 211 g/mol. The maximum atomic E-state index is 11.0. The molecule has 0 aromatic heterocycles. The lowest BCUT2D eigenvalue weighted by Gasteiger charge is -2.12. The molecule has 0 atom stereocenters. The number of hydrogen-bond acceptors (Lipinski definition) is 3. The number of rotatable bonds is 1. The van der Waals surface area contributed by atoms with Crippen molar-refractivity contribution in [1.29, 1.82) is 0 Å². The quantitative estimate of drug-likeness (QED) is 0.744. The van der Waals surface area contributed by atoms with Crippen LogP contribution in [-0.2, 0) is 10.0 Å². The number of fused-ring (bicyclic) bond motifs is 1. The summed E-state index contributed by atoms with van der Waals surface area (Å²) in [4.78, 5) is 0.103. The summed E-state index contributed by atoms with van der Waals surface area (Å²) in [5, 5.41) is 5.00. The van der Waals surface area contributed by atoms with Crippen molar-refractivity contribution < 1.29 is 13.2 Å². The third kappa shape index (κ3) is 1.64. The normalized spacial score (nSPS) is 14.6. The van der Waals surface area contributed by atoms with Gasteiger partial charge >= 0.3 is 0 Å². The van der Waals surface area contributed by atoms with E-state index in [4.69, 9.17) is 9.88 Å². The van der Waals surface area contributed by atoms with Gasteiger partial charge in [-0.15, -0.1) is 0 Å². The fourth-order valence-corrected chi connectivity index (χ4v) is 1.83.